The van der Waals surface area contributed by atoms with Crippen LogP contribution in [0.1, 0.15) is 22.1 Å². The molecule has 188 valence electrons. The van der Waals surface area contributed by atoms with Crippen LogP contribution in [0.25, 0.3) is 20.4 Å². The van der Waals surface area contributed by atoms with Crippen LogP contribution >= 0.6 is 45.9 Å². The minimum Gasteiger partial charge on any atom is -1.00 e. The minimum absolute atomic E-state index is 0. The van der Waals surface area contributed by atoms with Crippen molar-refractivity contribution in [3.63, 3.8) is 0 Å². The second-order valence-electron chi connectivity index (χ2n) is 5.87. The van der Waals surface area contributed by atoms with Gasteiger partial charge >= 0.3 is 115 Å². The van der Waals surface area contributed by atoms with Gasteiger partial charge in [0.15, 0.2) is 10.1 Å². The molecule has 17 heteroatoms. The number of hydrogen-bond donors (Lipinski definition) is 1. The van der Waals surface area contributed by atoms with Crippen LogP contribution < -0.4 is 118 Å². The molecule has 4 rings (SSSR count). The molecule has 0 fully saturated rings. The molecular formula is C20H16Cl2K2N2O9S2. The molecular weight excluding hydrogens is 625 g/mol. The maximum atomic E-state index is 11.6. The third-order valence-electron chi connectivity index (χ3n) is 4.00. The zero-order chi connectivity index (χ0) is 26.1. The van der Waals surface area contributed by atoms with Crippen LogP contribution in [-0.2, 0) is 14.4 Å². The molecule has 4 aromatic heterocycles. The van der Waals surface area contributed by atoms with E-state index in [0.29, 0.717) is 41.5 Å². The van der Waals surface area contributed by atoms with E-state index in [1.54, 1.807) is 18.3 Å². The van der Waals surface area contributed by atoms with Crippen molar-refractivity contribution in [3.05, 3.63) is 45.7 Å². The van der Waals surface area contributed by atoms with E-state index in [-0.39, 0.29) is 116 Å². The van der Waals surface area contributed by atoms with Crippen LogP contribution in [0.3, 0.4) is 0 Å². The fourth-order valence-corrected chi connectivity index (χ4v) is 5.10. The number of carbonyl (C=O) groups excluding carboxylic acids is 2. The van der Waals surface area contributed by atoms with Crippen molar-refractivity contribution >= 4 is 84.7 Å². The topological polar surface area (TPSA) is 157 Å². The van der Waals surface area contributed by atoms with Crippen LogP contribution in [0.15, 0.2) is 24.5 Å². The molecule has 0 amide bonds. The number of fused-ring (bicyclic) bond motifs is 2. The summed E-state index contributed by atoms with van der Waals surface area (Å²) in [7, 11) is 4.23. The number of nitrogens with zero attached hydrogens (tertiary/aromatic N) is 2. The molecule has 0 aliphatic carbocycles. The van der Waals surface area contributed by atoms with Gasteiger partial charge in [-0.15, -0.1) is 0 Å². The van der Waals surface area contributed by atoms with Gasteiger partial charge in [0.05, 0.1) is 40.8 Å². The van der Waals surface area contributed by atoms with Gasteiger partial charge in [-0.25, -0.2) is 9.59 Å². The molecule has 0 aliphatic rings. The number of pyridine rings is 2. The summed E-state index contributed by atoms with van der Waals surface area (Å²) in [5.74, 6) is -1.54. The third-order valence-corrected chi connectivity index (χ3v) is 7.20. The minimum atomic E-state index is -1.06. The van der Waals surface area contributed by atoms with Gasteiger partial charge in [0.25, 0.3) is 6.47 Å². The summed E-state index contributed by atoms with van der Waals surface area (Å²) in [6.07, 6.45) is 3.02. The molecule has 0 bridgehead atoms. The fourth-order valence-electron chi connectivity index (χ4n) is 2.64. The number of ether oxygens (including phenoxy) is 3. The maximum Gasteiger partial charge on any atom is 1.00 e. The molecule has 0 unspecified atom stereocenters. The standard InChI is InChI=1S/C10H8ClNO3S.C9H6ClNO3S.CH2O3.2K.H/c1-14-9(13)6-7-8(16-10(6)15-2)5(11)3-4-12-7;1-14-9-5(8(12)13)6-7(15-9)4(10)2-3-11-6;2-1-4-3;;;/h3-4H,1-2H3;2-3H,1H3,(H,12,13);1,3H;;;/q;;;2*+1;-1/p-1. The zero-order valence-corrected chi connectivity index (χ0v) is 29.5. The van der Waals surface area contributed by atoms with Gasteiger partial charge in [-0.3, -0.25) is 14.8 Å². The van der Waals surface area contributed by atoms with E-state index in [2.05, 4.69) is 19.6 Å². The Labute approximate surface area is 314 Å². The number of halogens is 2. The molecule has 0 aromatic carbocycles. The van der Waals surface area contributed by atoms with Crippen LogP contribution in [-0.4, -0.2) is 54.8 Å². The van der Waals surface area contributed by atoms with Crippen molar-refractivity contribution < 1.29 is 148 Å². The van der Waals surface area contributed by atoms with Crippen LogP contribution in [0.5, 0.6) is 10.1 Å². The number of aromatic nitrogens is 2. The van der Waals surface area contributed by atoms with E-state index in [1.165, 1.54) is 50.2 Å². The average molecular weight is 642 g/mol. The molecule has 4 aromatic rings. The van der Waals surface area contributed by atoms with E-state index in [9.17, 15) is 9.59 Å². The zero-order valence-electron chi connectivity index (χ0n) is 21.1. The van der Waals surface area contributed by atoms with E-state index >= 15 is 0 Å². The van der Waals surface area contributed by atoms with E-state index in [1.807, 2.05) is 0 Å². The maximum absolute atomic E-state index is 11.6. The molecule has 0 atom stereocenters. The van der Waals surface area contributed by atoms with Gasteiger partial charge in [0, 0.05) is 12.4 Å². The molecule has 0 saturated heterocycles. The van der Waals surface area contributed by atoms with Gasteiger partial charge in [-0.1, -0.05) is 45.9 Å². The number of rotatable bonds is 5. The second-order valence-corrected chi connectivity index (χ2v) is 8.65. The van der Waals surface area contributed by atoms with Crippen molar-refractivity contribution in [1.29, 1.82) is 0 Å². The molecule has 0 saturated carbocycles. The Morgan fingerprint density at radius 1 is 0.946 bits per heavy atom. The largest absolute Gasteiger partial charge is 1.00 e. The summed E-state index contributed by atoms with van der Waals surface area (Å²) < 4.78 is 16.2. The van der Waals surface area contributed by atoms with Crippen molar-refractivity contribution in [3.8, 4) is 10.1 Å². The second kappa shape index (κ2) is 18.4. The third kappa shape index (κ3) is 9.29. The first-order valence-corrected chi connectivity index (χ1v) is 11.4. The Morgan fingerprint density at radius 3 is 1.70 bits per heavy atom. The average Bonchev–Trinajstić information content (AvgIpc) is 3.44. The SMILES string of the molecule is COC(=O)c1c(OC)sc2c(Cl)ccnc12.COc1sc2c(Cl)ccnc2c1C(=O)O.O=CO[O-].[H-].[K+].[K+]. The molecule has 37 heavy (non-hydrogen) atoms. The van der Waals surface area contributed by atoms with Crippen molar-refractivity contribution in [2.45, 2.75) is 0 Å². The Morgan fingerprint density at radius 2 is 1.35 bits per heavy atom. The predicted octanol–water partition coefficient (Wildman–Crippen LogP) is -2.04. The number of esters is 1. The van der Waals surface area contributed by atoms with Gasteiger partial charge in [0.1, 0.15) is 22.2 Å². The quantitative estimate of drug-likeness (QED) is 0.0842. The monoisotopic (exact) mass is 640 g/mol. The number of carboxylic acids is 1. The summed E-state index contributed by atoms with van der Waals surface area (Å²) in [4.78, 5) is 42.0. The van der Waals surface area contributed by atoms with E-state index < -0.39 is 11.9 Å². The summed E-state index contributed by atoms with van der Waals surface area (Å²) in [6.45, 7) is -0.181. The Balaban J connectivity index is 0. The number of carbonyl (C=O) groups is 3. The summed E-state index contributed by atoms with van der Waals surface area (Å²) in [6, 6.07) is 3.28. The smallest absolute Gasteiger partial charge is 1.00 e. The molecule has 0 aliphatic heterocycles. The van der Waals surface area contributed by atoms with Crippen molar-refractivity contribution in [1.82, 2.24) is 9.97 Å². The Hall–Kier alpha value is 0.0427. The number of carboxylic acid groups (broad SMARTS) is 1. The first-order valence-electron chi connectivity index (χ1n) is 9.01. The molecule has 0 spiro atoms. The number of hydrogen-bond acceptors (Lipinski definition) is 12. The predicted molar refractivity (Wildman–Crippen MR) is 129 cm³/mol. The molecule has 11 nitrogen and oxygen atoms in total. The van der Waals surface area contributed by atoms with Crippen LogP contribution in [0, 0.1) is 0 Å². The summed E-state index contributed by atoms with van der Waals surface area (Å²) >= 11 is 14.4. The van der Waals surface area contributed by atoms with Gasteiger partial charge in [0.2, 0.25) is 0 Å². The van der Waals surface area contributed by atoms with Crippen LogP contribution in [0.4, 0.5) is 0 Å². The van der Waals surface area contributed by atoms with Gasteiger partial charge < -0.3 is 30.9 Å². The van der Waals surface area contributed by atoms with Crippen LogP contribution in [0.2, 0.25) is 10.0 Å². The molecule has 4 heterocycles. The number of thiophene rings is 2. The van der Waals surface area contributed by atoms with Crippen molar-refractivity contribution in [2.24, 2.45) is 0 Å². The first kappa shape index (κ1) is 37.0. The Bertz CT molecular complexity index is 1380. The fraction of sp³-hybridized carbons (Fsp3) is 0.150. The summed E-state index contributed by atoms with van der Waals surface area (Å²) in [5, 5.41) is 19.3. The molecule has 0 radical (unpaired) electrons. The first-order chi connectivity index (χ1) is 16.7. The van der Waals surface area contributed by atoms with Gasteiger partial charge in [-0.2, -0.15) is 0 Å². The Kier molecular flexibility index (Phi) is 18.4. The molecule has 1 N–H and O–H groups in total. The number of aromatic carboxylic acids is 1. The summed E-state index contributed by atoms with van der Waals surface area (Å²) in [5.41, 5.74) is 1.28. The van der Waals surface area contributed by atoms with E-state index in [0.717, 1.165) is 4.70 Å². The normalized spacial score (nSPS) is 9.35. The van der Waals surface area contributed by atoms with Crippen molar-refractivity contribution in [2.75, 3.05) is 21.3 Å². The van der Waals surface area contributed by atoms with Gasteiger partial charge in [-0.05, 0) is 12.1 Å². The van der Waals surface area contributed by atoms with E-state index in [4.69, 9.17) is 47.8 Å². The number of methoxy groups -OCH3 is 3.